The minimum atomic E-state index is -2.30. The van der Waals surface area contributed by atoms with Crippen LogP contribution in [0.1, 0.15) is 27.0 Å². The van der Waals surface area contributed by atoms with Crippen molar-refractivity contribution < 1.29 is 49.9 Å². The summed E-state index contributed by atoms with van der Waals surface area (Å²) in [4.78, 5) is 86.7. The highest BCUT2D eigenvalue weighted by Crippen LogP contribution is 2.35. The van der Waals surface area contributed by atoms with Gasteiger partial charge in [-0.1, -0.05) is 206 Å². The minimum Gasteiger partial charge on any atom is -0.399 e. The van der Waals surface area contributed by atoms with Gasteiger partial charge in [0, 0.05) is 82.0 Å². The van der Waals surface area contributed by atoms with E-state index >= 15 is 0 Å². The average molecular weight is 1760 g/mol. The second-order valence-electron chi connectivity index (χ2n) is 27.2. The van der Waals surface area contributed by atoms with E-state index in [9.17, 15) is 49.9 Å². The first kappa shape index (κ1) is 85.2. The Bertz CT molecular complexity index is 6400. The van der Waals surface area contributed by atoms with Crippen LogP contribution in [0.3, 0.4) is 0 Å². The summed E-state index contributed by atoms with van der Waals surface area (Å²) in [6, 6.07) is 86.6. The third-order valence-corrected chi connectivity index (χ3v) is 19.1. The van der Waals surface area contributed by atoms with Crippen LogP contribution in [-0.2, 0) is 33.6 Å². The Morgan fingerprint density at radius 3 is 0.878 bits per heavy atom. The Morgan fingerprint density at radius 2 is 0.561 bits per heavy atom. The van der Waals surface area contributed by atoms with Gasteiger partial charge >= 0.3 is 0 Å². The van der Waals surface area contributed by atoms with E-state index in [0.717, 1.165) is 54.6 Å². The lowest BCUT2D eigenvalue weighted by Gasteiger charge is -2.13. The number of hydrogen-bond donors (Lipinski definition) is 8. The molecule has 0 fully saturated rings. The molecule has 12 aromatic carbocycles. The van der Waals surface area contributed by atoms with Gasteiger partial charge in [-0.05, 0) is 119 Å². The highest BCUT2D eigenvalue weighted by molar-refractivity contribution is 14.1. The molecular formula is C95H70F7IN16O4. The highest BCUT2D eigenvalue weighted by Gasteiger charge is 2.28. The van der Waals surface area contributed by atoms with Crippen molar-refractivity contribution in [1.82, 2.24) is 39.9 Å². The van der Waals surface area contributed by atoms with Crippen LogP contribution in [-0.4, -0.2) is 63.5 Å². The fraction of sp³-hybridized carbons (Fsp3) is 0.0316. The van der Waals surface area contributed by atoms with Crippen LogP contribution in [0.5, 0.6) is 0 Å². The number of hydrogen-bond acceptors (Lipinski definition) is 16. The van der Waals surface area contributed by atoms with E-state index in [-0.39, 0.29) is 42.0 Å². The number of rotatable bonds is 19. The second-order valence-corrected chi connectivity index (χ2v) is 28.4. The molecule has 0 aliphatic heterocycles. The quantitative estimate of drug-likeness (QED) is 0.0123. The predicted octanol–water partition coefficient (Wildman–Crippen LogP) is 19.9. The molecule has 0 unspecified atom stereocenters. The monoisotopic (exact) mass is 1760 g/mol. The average Bonchev–Trinajstić information content (AvgIpc) is 0.827. The first-order valence-corrected chi connectivity index (χ1v) is 38.7. The van der Waals surface area contributed by atoms with Gasteiger partial charge in [-0.3, -0.25) is 19.2 Å². The van der Waals surface area contributed by atoms with Crippen molar-refractivity contribution in [3.05, 3.63) is 383 Å². The van der Waals surface area contributed by atoms with Crippen LogP contribution in [0.25, 0.3) is 90.1 Å². The Balaban J connectivity index is 0.000000141. The molecule has 16 aromatic rings. The highest BCUT2D eigenvalue weighted by atomic mass is 127. The number of anilines is 8. The summed E-state index contributed by atoms with van der Waals surface area (Å²) in [5.74, 6) is -13.4. The Labute approximate surface area is 713 Å². The Morgan fingerprint density at radius 1 is 0.285 bits per heavy atom. The summed E-state index contributed by atoms with van der Waals surface area (Å²) in [6.07, 6.45) is 5.27. The molecule has 4 heterocycles. The molecule has 0 saturated carbocycles. The molecule has 4 amide bonds. The van der Waals surface area contributed by atoms with Gasteiger partial charge in [0.05, 0.1) is 66.8 Å². The molecule has 20 nitrogen and oxygen atoms in total. The van der Waals surface area contributed by atoms with Crippen LogP contribution in [0.2, 0.25) is 0 Å². The summed E-state index contributed by atoms with van der Waals surface area (Å²) in [5, 5.41) is 10.9. The normalized spacial score (nSPS) is 10.6. The second kappa shape index (κ2) is 40.2. The lowest BCUT2D eigenvalue weighted by Crippen LogP contribution is -2.19. The van der Waals surface area contributed by atoms with E-state index < -0.39 is 64.5 Å². The zero-order chi connectivity index (χ0) is 86.5. The number of halogens is 8. The van der Waals surface area contributed by atoms with E-state index in [1.54, 1.807) is 97.5 Å². The first-order valence-electron chi connectivity index (χ1n) is 37.6. The zero-order valence-corrected chi connectivity index (χ0v) is 66.8. The minimum absolute atomic E-state index is 0.0562. The van der Waals surface area contributed by atoms with Crippen molar-refractivity contribution in [1.29, 1.82) is 0 Å². The van der Waals surface area contributed by atoms with Crippen molar-refractivity contribution in [3.8, 4) is 90.1 Å². The van der Waals surface area contributed by atoms with E-state index in [1.807, 2.05) is 194 Å². The maximum atomic E-state index is 14.0. The van der Waals surface area contributed by atoms with E-state index in [4.69, 9.17) is 37.9 Å². The molecule has 0 radical (unpaired) electrons. The fourth-order valence-electron chi connectivity index (χ4n) is 12.2. The molecule has 12 N–H and O–H groups in total. The van der Waals surface area contributed by atoms with Gasteiger partial charge < -0.3 is 44.2 Å². The largest absolute Gasteiger partial charge is 0.399 e. The van der Waals surface area contributed by atoms with Gasteiger partial charge in [0.2, 0.25) is 23.5 Å². The number of benzene rings is 12. The summed E-state index contributed by atoms with van der Waals surface area (Å²) in [7, 11) is 0. The smallest absolute Gasteiger partial charge is 0.256 e. The lowest BCUT2D eigenvalue weighted by atomic mass is 10.1. The van der Waals surface area contributed by atoms with Gasteiger partial charge in [-0.2, -0.15) is 0 Å². The molecule has 610 valence electrons. The molecule has 16 rings (SSSR count). The molecule has 28 heteroatoms. The number of carbonyl (C=O) groups is 4. The Kier molecular flexibility index (Phi) is 27.8. The maximum absolute atomic E-state index is 14.0. The number of nitrogens with one attached hydrogen (secondary N) is 4. The van der Waals surface area contributed by atoms with Gasteiger partial charge in [-0.25, -0.2) is 70.6 Å². The zero-order valence-electron chi connectivity index (χ0n) is 64.7. The number of nitrogens with two attached hydrogens (primary N) is 4. The van der Waals surface area contributed by atoms with Crippen molar-refractivity contribution >= 4 is 92.2 Å². The van der Waals surface area contributed by atoms with Crippen molar-refractivity contribution in [2.24, 2.45) is 0 Å². The first-order chi connectivity index (χ1) is 59.5. The van der Waals surface area contributed by atoms with Crippen LogP contribution >= 0.6 is 22.6 Å². The van der Waals surface area contributed by atoms with Crippen LogP contribution < -0.4 is 44.2 Å². The van der Waals surface area contributed by atoms with Gasteiger partial charge in [0.25, 0.3) is 5.91 Å². The SMILES string of the molecule is Nc1ccc(-c2cnc(NC(=O)Cc3c(F)c(F)c(F)c(F)c3F)c(-c3ccccc3)n2)cc1.Nc1ccc(-c2cnc(NC(=O)Cc3ccc(F)c(F)c3)c(-c3ccccc3)n2)cc1.Nc1ccc(-c2cnc(NC(=O)Cc3ccc(I)cc3)c(-c3ccccc3)n2)cc1.Nc1ccc(-c2cnc(NC(=O)c3ccccc3)c(-c3ccccc3)n2)cc1. The Hall–Kier alpha value is -15.7. The van der Waals surface area contributed by atoms with Crippen molar-refractivity contribution in [3.63, 3.8) is 0 Å². The molecule has 0 aliphatic carbocycles. The summed E-state index contributed by atoms with van der Waals surface area (Å²) < 4.78 is 95.9. The number of nitrogen functional groups attached to an aromatic ring is 4. The molecule has 0 atom stereocenters. The van der Waals surface area contributed by atoms with Crippen molar-refractivity contribution in [2.45, 2.75) is 19.3 Å². The molecule has 4 aromatic heterocycles. The topological polar surface area (TPSA) is 324 Å². The molecule has 0 spiro atoms. The van der Waals surface area contributed by atoms with Crippen LogP contribution in [0.15, 0.2) is 316 Å². The summed E-state index contributed by atoms with van der Waals surface area (Å²) >= 11 is 2.24. The van der Waals surface area contributed by atoms with Crippen LogP contribution in [0.4, 0.5) is 76.8 Å². The van der Waals surface area contributed by atoms with E-state index in [1.165, 1.54) is 12.3 Å². The molecular weight excluding hydrogens is 1690 g/mol. The van der Waals surface area contributed by atoms with Gasteiger partial charge in [-0.15, -0.1) is 0 Å². The maximum Gasteiger partial charge on any atom is 0.256 e. The number of amides is 4. The molecule has 0 aliphatic rings. The number of carbonyl (C=O) groups excluding carboxylic acids is 4. The molecule has 123 heavy (non-hydrogen) atoms. The molecule has 0 bridgehead atoms. The van der Waals surface area contributed by atoms with E-state index in [0.29, 0.717) is 96.5 Å². The van der Waals surface area contributed by atoms with Crippen molar-refractivity contribution in [2.75, 3.05) is 44.2 Å². The summed E-state index contributed by atoms with van der Waals surface area (Å²) in [5.41, 5.74) is 37.1. The standard InChI is InChI=1S/C24H15F5N4O.C24H18F2N4O.C24H19IN4O.C23H18N4O/c25-18-15(19(26)21(28)22(29)20(18)27)10-17(34)33-24-23(13-4-2-1-3-5-13)32-16(11-31-24)12-6-8-14(30)9-7-12;25-19-11-6-15(12-20(19)26)13-22(31)30-24-23(17-4-2-1-3-5-17)29-21(14-28-24)16-7-9-18(27)10-8-16;25-19-10-6-16(7-11-19)14-22(30)29-24-23(18-4-2-1-3-5-18)28-21(15-27-24)17-8-12-20(26)13-9-17;24-19-13-11-16(12-14-19)20-15-25-22(21(26-20)17-7-3-1-4-8-17)27-23(28)18-9-5-2-6-10-18/h1-9,11H,10,30H2,(H,31,33,34);1-12,14H,13,27H2,(H,28,30,31);1-13,15H,14,26H2,(H,27,29,30);1-15H,24H2,(H,25,27,28). The van der Waals surface area contributed by atoms with Gasteiger partial charge in [0.1, 0.15) is 22.8 Å². The third-order valence-electron chi connectivity index (χ3n) is 18.4. The lowest BCUT2D eigenvalue weighted by molar-refractivity contribution is -0.116. The number of nitrogens with zero attached hydrogens (tertiary/aromatic N) is 8. The number of aromatic nitrogens is 8. The van der Waals surface area contributed by atoms with Gasteiger partial charge in [0.15, 0.2) is 58.2 Å². The summed E-state index contributed by atoms with van der Waals surface area (Å²) in [6.45, 7) is 0. The third kappa shape index (κ3) is 22.4. The van der Waals surface area contributed by atoms with E-state index in [2.05, 4.69) is 68.8 Å². The fourth-order valence-corrected chi connectivity index (χ4v) is 12.5. The van der Waals surface area contributed by atoms with Crippen LogP contribution in [0, 0.1) is 44.3 Å². The molecule has 0 saturated heterocycles. The predicted molar refractivity (Wildman–Crippen MR) is 472 cm³/mol.